The molecule has 0 bridgehead atoms. The molecule has 0 amide bonds. The van der Waals surface area contributed by atoms with Crippen molar-refractivity contribution in [3.8, 4) is 22.8 Å². The van der Waals surface area contributed by atoms with Crippen molar-refractivity contribution < 1.29 is 17.9 Å². The Balaban J connectivity index is 1.50. The molecule has 0 spiro atoms. The molecule has 33 heavy (non-hydrogen) atoms. The number of ether oxygens (including phenoxy) is 1. The van der Waals surface area contributed by atoms with Gasteiger partial charge in [0.05, 0.1) is 15.7 Å². The van der Waals surface area contributed by atoms with E-state index in [0.29, 0.717) is 38.6 Å². The van der Waals surface area contributed by atoms with Crippen LogP contribution in [-0.4, -0.2) is 15.0 Å². The van der Waals surface area contributed by atoms with Gasteiger partial charge in [0.1, 0.15) is 23.0 Å². The van der Waals surface area contributed by atoms with Crippen molar-refractivity contribution in [2.45, 2.75) is 6.18 Å². The summed E-state index contributed by atoms with van der Waals surface area (Å²) in [5.41, 5.74) is 6.71. The largest absolute Gasteiger partial charge is 0.457 e. The van der Waals surface area contributed by atoms with E-state index in [1.54, 1.807) is 48.5 Å². The Labute approximate surface area is 196 Å². The van der Waals surface area contributed by atoms with Gasteiger partial charge in [-0.2, -0.15) is 18.2 Å². The first-order chi connectivity index (χ1) is 15.7. The molecule has 0 aliphatic carbocycles. The summed E-state index contributed by atoms with van der Waals surface area (Å²) in [4.78, 5) is 11.7. The number of hydrogen-bond acceptors (Lipinski definition) is 6. The molecule has 0 unspecified atom stereocenters. The van der Waals surface area contributed by atoms with Crippen molar-refractivity contribution in [2.24, 2.45) is 0 Å². The summed E-state index contributed by atoms with van der Waals surface area (Å²) in [6.07, 6.45) is -3.51. The van der Waals surface area contributed by atoms with Crippen LogP contribution in [0.15, 0.2) is 66.9 Å². The van der Waals surface area contributed by atoms with Crippen molar-refractivity contribution in [2.75, 3.05) is 11.1 Å². The molecule has 2 heterocycles. The summed E-state index contributed by atoms with van der Waals surface area (Å²) in [6, 6.07) is 15.5. The molecule has 2 aromatic heterocycles. The number of nitrogens with one attached hydrogen (secondary N) is 1. The summed E-state index contributed by atoms with van der Waals surface area (Å²) >= 11 is 12.0. The molecule has 3 N–H and O–H groups in total. The van der Waals surface area contributed by atoms with Crippen LogP contribution in [0.5, 0.6) is 11.5 Å². The van der Waals surface area contributed by atoms with Crippen LogP contribution in [0.4, 0.5) is 30.6 Å². The second-order valence-corrected chi connectivity index (χ2v) is 7.57. The Morgan fingerprint density at radius 3 is 2.30 bits per heavy atom. The zero-order valence-corrected chi connectivity index (χ0v) is 18.1. The lowest BCUT2D eigenvalue weighted by atomic mass is 10.1. The third-order valence-corrected chi connectivity index (χ3v) is 5.08. The number of hydrogen-bond donors (Lipinski definition) is 2. The molecular formula is C22H14Cl2F3N5O. The van der Waals surface area contributed by atoms with E-state index in [1.165, 1.54) is 6.07 Å². The first-order valence-electron chi connectivity index (χ1n) is 9.35. The molecule has 0 aliphatic heterocycles. The Morgan fingerprint density at radius 2 is 1.61 bits per heavy atom. The van der Waals surface area contributed by atoms with E-state index in [4.69, 9.17) is 33.7 Å². The zero-order valence-electron chi connectivity index (χ0n) is 16.6. The van der Waals surface area contributed by atoms with Gasteiger partial charge in [-0.15, -0.1) is 0 Å². The highest BCUT2D eigenvalue weighted by Gasteiger charge is 2.32. The number of anilines is 3. The predicted molar refractivity (Wildman–Crippen MR) is 121 cm³/mol. The maximum atomic E-state index is 12.8. The number of rotatable bonds is 5. The summed E-state index contributed by atoms with van der Waals surface area (Å²) in [6.45, 7) is 0. The third-order valence-electron chi connectivity index (χ3n) is 4.34. The molecule has 0 fully saturated rings. The quantitative estimate of drug-likeness (QED) is 0.313. The van der Waals surface area contributed by atoms with Crippen molar-refractivity contribution in [3.05, 3.63) is 82.6 Å². The highest BCUT2D eigenvalue weighted by Crippen LogP contribution is 2.32. The van der Waals surface area contributed by atoms with E-state index >= 15 is 0 Å². The molecule has 4 aromatic rings. The van der Waals surface area contributed by atoms with Crippen molar-refractivity contribution in [3.63, 3.8) is 0 Å². The smallest absolute Gasteiger partial charge is 0.433 e. The van der Waals surface area contributed by atoms with Crippen molar-refractivity contribution in [1.82, 2.24) is 15.0 Å². The van der Waals surface area contributed by atoms with E-state index < -0.39 is 11.9 Å². The maximum absolute atomic E-state index is 12.8. The molecule has 0 radical (unpaired) electrons. The summed E-state index contributed by atoms with van der Waals surface area (Å²) in [7, 11) is 0. The van der Waals surface area contributed by atoms with Gasteiger partial charge in [0, 0.05) is 29.6 Å². The minimum atomic E-state index is -4.55. The van der Waals surface area contributed by atoms with Crippen LogP contribution in [-0.2, 0) is 6.18 Å². The number of nitrogens with zero attached hydrogens (tertiary/aromatic N) is 3. The van der Waals surface area contributed by atoms with Gasteiger partial charge < -0.3 is 15.8 Å². The lowest BCUT2D eigenvalue weighted by Gasteiger charge is -2.11. The number of halogens is 5. The summed E-state index contributed by atoms with van der Waals surface area (Å²) in [5, 5.41) is 3.90. The molecular weight excluding hydrogens is 478 g/mol. The molecule has 0 saturated carbocycles. The molecule has 11 heteroatoms. The SMILES string of the molecule is Nc1nc(Nc2ccc(Oc3ccnc(C(F)(F)F)c3)cc2)cc(-c2ccc(Cl)c(Cl)c2)n1. The van der Waals surface area contributed by atoms with Gasteiger partial charge in [-0.1, -0.05) is 29.3 Å². The van der Waals surface area contributed by atoms with Crippen LogP contribution in [0.3, 0.4) is 0 Å². The standard InChI is InChI=1S/C22H14Cl2F3N5O/c23-16-6-1-12(9-17(16)24)18-11-20(32-21(28)31-18)30-13-2-4-14(5-3-13)33-15-7-8-29-19(10-15)22(25,26)27/h1-11H,(H3,28,30,31,32). The fraction of sp³-hybridized carbons (Fsp3) is 0.0455. The number of aromatic nitrogens is 3. The second kappa shape index (κ2) is 9.13. The van der Waals surface area contributed by atoms with Crippen molar-refractivity contribution in [1.29, 1.82) is 0 Å². The van der Waals surface area contributed by atoms with E-state index in [1.807, 2.05) is 0 Å². The lowest BCUT2D eigenvalue weighted by Crippen LogP contribution is -2.07. The predicted octanol–water partition coefficient (Wildman–Crippen LogP) is 6.98. The van der Waals surface area contributed by atoms with E-state index in [2.05, 4.69) is 20.3 Å². The number of nitrogen functional groups attached to an aromatic ring is 1. The highest BCUT2D eigenvalue weighted by atomic mass is 35.5. The fourth-order valence-electron chi connectivity index (χ4n) is 2.85. The Kier molecular flexibility index (Phi) is 6.26. The number of alkyl halides is 3. The molecule has 168 valence electrons. The second-order valence-electron chi connectivity index (χ2n) is 6.75. The van der Waals surface area contributed by atoms with Crippen LogP contribution < -0.4 is 15.8 Å². The molecule has 0 saturated heterocycles. The summed E-state index contributed by atoms with van der Waals surface area (Å²) in [5.74, 6) is 0.854. The molecule has 2 aromatic carbocycles. The van der Waals surface area contributed by atoms with Gasteiger partial charge in [0.15, 0.2) is 0 Å². The topological polar surface area (TPSA) is 86.0 Å². The number of pyridine rings is 1. The van der Waals surface area contributed by atoms with Crippen LogP contribution >= 0.6 is 23.2 Å². The Bertz CT molecular complexity index is 1300. The van der Waals surface area contributed by atoms with Crippen LogP contribution in [0.25, 0.3) is 11.3 Å². The van der Waals surface area contributed by atoms with Gasteiger partial charge in [-0.05, 0) is 42.5 Å². The van der Waals surface area contributed by atoms with Crippen LogP contribution in [0.2, 0.25) is 10.0 Å². The van der Waals surface area contributed by atoms with Gasteiger partial charge in [0.2, 0.25) is 5.95 Å². The molecule has 4 rings (SSSR count). The average molecular weight is 492 g/mol. The molecule has 0 aliphatic rings. The van der Waals surface area contributed by atoms with E-state index in [9.17, 15) is 13.2 Å². The minimum absolute atomic E-state index is 0.0212. The summed E-state index contributed by atoms with van der Waals surface area (Å²) < 4.78 is 43.9. The number of nitrogens with two attached hydrogens (primary N) is 1. The van der Waals surface area contributed by atoms with Gasteiger partial charge in [0.25, 0.3) is 0 Å². The van der Waals surface area contributed by atoms with Crippen molar-refractivity contribution >= 4 is 40.7 Å². The first kappa shape index (κ1) is 22.6. The average Bonchev–Trinajstić information content (AvgIpc) is 2.76. The number of benzene rings is 2. The first-order valence-corrected chi connectivity index (χ1v) is 10.1. The molecule has 0 atom stereocenters. The fourth-order valence-corrected chi connectivity index (χ4v) is 3.15. The monoisotopic (exact) mass is 491 g/mol. The minimum Gasteiger partial charge on any atom is -0.457 e. The van der Waals surface area contributed by atoms with Crippen LogP contribution in [0, 0.1) is 0 Å². The van der Waals surface area contributed by atoms with Gasteiger partial charge >= 0.3 is 6.18 Å². The normalized spacial score (nSPS) is 11.3. The zero-order chi connectivity index (χ0) is 23.6. The molecule has 6 nitrogen and oxygen atoms in total. The Morgan fingerprint density at radius 1 is 0.848 bits per heavy atom. The van der Waals surface area contributed by atoms with E-state index in [0.717, 1.165) is 12.3 Å². The van der Waals surface area contributed by atoms with E-state index in [-0.39, 0.29) is 11.7 Å². The van der Waals surface area contributed by atoms with Gasteiger partial charge in [-0.3, -0.25) is 4.98 Å². The third kappa shape index (κ3) is 5.63. The Hall–Kier alpha value is -3.56. The highest BCUT2D eigenvalue weighted by molar-refractivity contribution is 6.42. The lowest BCUT2D eigenvalue weighted by molar-refractivity contribution is -0.141. The maximum Gasteiger partial charge on any atom is 0.433 e. The van der Waals surface area contributed by atoms with Crippen LogP contribution in [0.1, 0.15) is 5.69 Å². The van der Waals surface area contributed by atoms with Gasteiger partial charge in [-0.25, -0.2) is 4.98 Å².